The number of para-hydroxylation sites is 1. The van der Waals surface area contributed by atoms with Crippen molar-refractivity contribution in [3.63, 3.8) is 0 Å². The van der Waals surface area contributed by atoms with Gasteiger partial charge in [0.2, 0.25) is 0 Å². The van der Waals surface area contributed by atoms with Gasteiger partial charge in [0.1, 0.15) is 6.54 Å². The van der Waals surface area contributed by atoms with Gasteiger partial charge < -0.3 is 9.88 Å². The molecule has 0 aliphatic carbocycles. The number of nitrogens with one attached hydrogen (secondary N) is 1. The van der Waals surface area contributed by atoms with Crippen LogP contribution in [0.2, 0.25) is 0 Å². The zero-order chi connectivity index (χ0) is 11.0. The van der Waals surface area contributed by atoms with E-state index in [1.165, 1.54) is 22.2 Å². The van der Waals surface area contributed by atoms with Crippen molar-refractivity contribution in [2.45, 2.75) is 19.5 Å². The van der Waals surface area contributed by atoms with E-state index in [-0.39, 0.29) is 0 Å². The Hall–Kier alpha value is -1.79. The molecule has 0 radical (unpaired) electrons. The topological polar surface area (TPSA) is 40.8 Å². The summed E-state index contributed by atoms with van der Waals surface area (Å²) in [6.45, 7) is 2.36. The van der Waals surface area contributed by atoms with Crippen LogP contribution in [0.4, 0.5) is 0 Å². The van der Waals surface area contributed by atoms with E-state index in [9.17, 15) is 0 Å². The van der Waals surface area contributed by atoms with Crippen molar-refractivity contribution >= 4 is 10.9 Å². The van der Waals surface area contributed by atoms with Gasteiger partial charge in [-0.25, -0.2) is 0 Å². The molecule has 0 unspecified atom stereocenters. The number of rotatable bonds is 1. The molecule has 0 amide bonds. The molecule has 1 aromatic heterocycles. The number of hydrogen-bond donors (Lipinski definition) is 1. The Morgan fingerprint density at radius 2 is 2.25 bits per heavy atom. The highest BCUT2D eigenvalue weighted by atomic mass is 15.0. The lowest BCUT2D eigenvalue weighted by Crippen LogP contribution is -2.25. The van der Waals surface area contributed by atoms with Gasteiger partial charge in [0.25, 0.3) is 0 Å². The highest BCUT2D eigenvalue weighted by Gasteiger charge is 2.18. The third kappa shape index (κ3) is 1.24. The van der Waals surface area contributed by atoms with Crippen LogP contribution in [0.3, 0.4) is 0 Å². The lowest BCUT2D eigenvalue weighted by molar-refractivity contribution is 0.606. The third-order valence-corrected chi connectivity index (χ3v) is 3.27. The molecule has 16 heavy (non-hydrogen) atoms. The molecule has 0 spiro atoms. The van der Waals surface area contributed by atoms with Crippen molar-refractivity contribution in [2.75, 3.05) is 6.54 Å². The average molecular weight is 211 g/mol. The number of fused-ring (bicyclic) bond motifs is 3. The summed E-state index contributed by atoms with van der Waals surface area (Å²) < 4.78 is 2.14. The van der Waals surface area contributed by atoms with Crippen molar-refractivity contribution in [3.05, 3.63) is 35.5 Å². The van der Waals surface area contributed by atoms with Crippen LogP contribution in [0.1, 0.15) is 11.3 Å². The molecule has 0 bridgehead atoms. The summed E-state index contributed by atoms with van der Waals surface area (Å²) in [7, 11) is 0. The van der Waals surface area contributed by atoms with E-state index >= 15 is 0 Å². The summed E-state index contributed by atoms with van der Waals surface area (Å²) in [4.78, 5) is 0. The van der Waals surface area contributed by atoms with Crippen LogP contribution in [0.25, 0.3) is 10.9 Å². The number of aromatic nitrogens is 1. The minimum atomic E-state index is 0.442. The largest absolute Gasteiger partial charge is 0.329 e. The Morgan fingerprint density at radius 3 is 3.12 bits per heavy atom. The highest BCUT2D eigenvalue weighted by molar-refractivity contribution is 5.86. The Morgan fingerprint density at radius 1 is 1.38 bits per heavy atom. The molecule has 3 rings (SSSR count). The number of hydrogen-bond acceptors (Lipinski definition) is 2. The fourth-order valence-electron chi connectivity index (χ4n) is 2.58. The lowest BCUT2D eigenvalue weighted by Gasteiger charge is -2.15. The van der Waals surface area contributed by atoms with Gasteiger partial charge in [0.15, 0.2) is 0 Å². The second-order valence-electron chi connectivity index (χ2n) is 4.11. The van der Waals surface area contributed by atoms with Crippen LogP contribution in [0.15, 0.2) is 24.3 Å². The third-order valence-electron chi connectivity index (χ3n) is 3.27. The molecule has 0 fully saturated rings. The zero-order valence-electron chi connectivity index (χ0n) is 9.03. The molecule has 2 heterocycles. The fraction of sp³-hybridized carbons (Fsp3) is 0.308. The quantitative estimate of drug-likeness (QED) is 0.781. The van der Waals surface area contributed by atoms with E-state index in [2.05, 4.69) is 34.2 Å². The Kier molecular flexibility index (Phi) is 2.16. The van der Waals surface area contributed by atoms with Gasteiger partial charge in [-0.1, -0.05) is 18.2 Å². The van der Waals surface area contributed by atoms with Crippen molar-refractivity contribution in [1.82, 2.24) is 9.88 Å². The standard InChI is InChI=1S/C13H13N3/c14-6-8-16-12-4-2-1-3-10(12)11-5-7-15-9-13(11)16/h1-4,15H,5,7-9H2. The molecule has 0 saturated carbocycles. The summed E-state index contributed by atoms with van der Waals surface area (Å²) in [5, 5.41) is 13.6. The van der Waals surface area contributed by atoms with Crippen LogP contribution in [0.5, 0.6) is 0 Å². The molecule has 0 saturated heterocycles. The SMILES string of the molecule is N#CCn1c2c(c3ccccc31)CCNC2. The molecule has 3 heteroatoms. The fourth-order valence-corrected chi connectivity index (χ4v) is 2.58. The molecule has 0 atom stereocenters. The van der Waals surface area contributed by atoms with Gasteiger partial charge in [-0.05, 0) is 24.6 Å². The van der Waals surface area contributed by atoms with E-state index in [4.69, 9.17) is 5.26 Å². The smallest absolute Gasteiger partial charge is 0.110 e. The molecular weight excluding hydrogens is 198 g/mol. The van der Waals surface area contributed by atoms with Gasteiger partial charge in [-0.2, -0.15) is 5.26 Å². The van der Waals surface area contributed by atoms with Crippen molar-refractivity contribution in [2.24, 2.45) is 0 Å². The van der Waals surface area contributed by atoms with Gasteiger partial charge in [-0.15, -0.1) is 0 Å². The summed E-state index contributed by atoms with van der Waals surface area (Å²) in [6.07, 6.45) is 1.06. The van der Waals surface area contributed by atoms with E-state index in [0.29, 0.717) is 6.54 Å². The van der Waals surface area contributed by atoms with Crippen LogP contribution in [0, 0.1) is 11.3 Å². The predicted octanol–water partition coefficient (Wildman–Crippen LogP) is 1.81. The van der Waals surface area contributed by atoms with Gasteiger partial charge in [-0.3, -0.25) is 0 Å². The first kappa shape index (κ1) is 9.44. The molecule has 80 valence electrons. The van der Waals surface area contributed by atoms with E-state index in [1.807, 2.05) is 6.07 Å². The van der Waals surface area contributed by atoms with Gasteiger partial charge in [0, 0.05) is 23.1 Å². The second kappa shape index (κ2) is 3.66. The van der Waals surface area contributed by atoms with Crippen molar-refractivity contribution in [3.8, 4) is 6.07 Å². The monoisotopic (exact) mass is 211 g/mol. The number of benzene rings is 1. The molecule has 3 nitrogen and oxygen atoms in total. The summed E-state index contributed by atoms with van der Waals surface area (Å²) >= 11 is 0. The summed E-state index contributed by atoms with van der Waals surface area (Å²) in [6, 6.07) is 10.6. The van der Waals surface area contributed by atoms with E-state index < -0.39 is 0 Å². The normalized spacial score (nSPS) is 14.7. The van der Waals surface area contributed by atoms with Gasteiger partial charge in [0.05, 0.1) is 6.07 Å². The van der Waals surface area contributed by atoms with Crippen LogP contribution >= 0.6 is 0 Å². The maximum absolute atomic E-state index is 8.91. The van der Waals surface area contributed by atoms with Crippen molar-refractivity contribution in [1.29, 1.82) is 5.26 Å². The predicted molar refractivity (Wildman–Crippen MR) is 63.0 cm³/mol. The minimum Gasteiger partial charge on any atom is -0.329 e. The summed E-state index contributed by atoms with van der Waals surface area (Å²) in [5.74, 6) is 0. The first-order valence-corrected chi connectivity index (χ1v) is 5.58. The minimum absolute atomic E-state index is 0.442. The molecule has 2 aromatic rings. The van der Waals surface area contributed by atoms with Gasteiger partial charge >= 0.3 is 0 Å². The van der Waals surface area contributed by atoms with Crippen LogP contribution in [-0.4, -0.2) is 11.1 Å². The van der Waals surface area contributed by atoms with Crippen LogP contribution < -0.4 is 5.32 Å². The summed E-state index contributed by atoms with van der Waals surface area (Å²) in [5.41, 5.74) is 3.90. The Bertz CT molecular complexity index is 575. The first-order chi connectivity index (χ1) is 7.92. The first-order valence-electron chi connectivity index (χ1n) is 5.58. The number of nitriles is 1. The van der Waals surface area contributed by atoms with E-state index in [0.717, 1.165) is 19.5 Å². The van der Waals surface area contributed by atoms with E-state index in [1.54, 1.807) is 0 Å². The Labute approximate surface area is 94.3 Å². The molecule has 1 aliphatic rings. The zero-order valence-corrected chi connectivity index (χ0v) is 9.03. The maximum Gasteiger partial charge on any atom is 0.110 e. The Balaban J connectivity index is 2.33. The molecule has 1 N–H and O–H groups in total. The number of nitrogens with zero attached hydrogens (tertiary/aromatic N) is 2. The van der Waals surface area contributed by atoms with Crippen molar-refractivity contribution < 1.29 is 0 Å². The maximum atomic E-state index is 8.91. The lowest BCUT2D eigenvalue weighted by atomic mass is 10.1. The van der Waals surface area contributed by atoms with Crippen LogP contribution in [-0.2, 0) is 19.5 Å². The average Bonchev–Trinajstić information content (AvgIpc) is 2.66. The molecular formula is C13H13N3. The molecule has 1 aliphatic heterocycles. The highest BCUT2D eigenvalue weighted by Crippen LogP contribution is 2.28. The molecule has 1 aromatic carbocycles. The second-order valence-corrected chi connectivity index (χ2v) is 4.11.